The number of rotatable bonds is 5. The maximum Gasteiger partial charge on any atom is 0.165 e. The minimum atomic E-state index is 0.613. The lowest BCUT2D eigenvalue weighted by Crippen LogP contribution is -2.02. The predicted molar refractivity (Wildman–Crippen MR) is 189 cm³/mol. The predicted octanol–water partition coefficient (Wildman–Crippen LogP) is 10.5. The van der Waals surface area contributed by atoms with Crippen LogP contribution < -0.4 is 0 Å². The summed E-state index contributed by atoms with van der Waals surface area (Å²) in [5.41, 5.74) is 9.39. The van der Waals surface area contributed by atoms with Gasteiger partial charge in [0.15, 0.2) is 17.5 Å². The van der Waals surface area contributed by atoms with Crippen LogP contribution in [0.2, 0.25) is 0 Å². The van der Waals surface area contributed by atoms with Gasteiger partial charge < -0.3 is 0 Å². The van der Waals surface area contributed by atoms with Crippen molar-refractivity contribution in [3.63, 3.8) is 0 Å². The summed E-state index contributed by atoms with van der Waals surface area (Å²) in [6.45, 7) is 4.00. The van der Waals surface area contributed by atoms with Crippen LogP contribution in [0, 0.1) is 13.8 Å². The molecule has 0 saturated heterocycles. The maximum absolute atomic E-state index is 5.04. The van der Waals surface area contributed by atoms with E-state index in [0.29, 0.717) is 17.5 Å². The lowest BCUT2D eigenvalue weighted by Gasteiger charge is -2.18. The molecule has 0 radical (unpaired) electrons. The van der Waals surface area contributed by atoms with Gasteiger partial charge in [0.2, 0.25) is 0 Å². The van der Waals surface area contributed by atoms with E-state index in [2.05, 4.69) is 109 Å². The van der Waals surface area contributed by atoms with Gasteiger partial charge in [-0.15, -0.1) is 0 Å². The fraction of sp³-hybridized carbons (Fsp3) is 0.0476. The largest absolute Gasteiger partial charge is 0.258 e. The zero-order chi connectivity index (χ0) is 31.0. The van der Waals surface area contributed by atoms with Crippen molar-refractivity contribution >= 4 is 21.5 Å². The highest BCUT2D eigenvalue weighted by Crippen LogP contribution is 2.44. The van der Waals surface area contributed by atoms with Gasteiger partial charge in [-0.05, 0) is 75.8 Å². The Kier molecular flexibility index (Phi) is 6.88. The van der Waals surface area contributed by atoms with E-state index in [9.17, 15) is 0 Å². The second kappa shape index (κ2) is 11.5. The fourth-order valence-electron chi connectivity index (χ4n) is 6.43. The average molecular weight is 591 g/mol. The van der Waals surface area contributed by atoms with E-state index in [4.69, 9.17) is 19.9 Å². The van der Waals surface area contributed by atoms with Crippen LogP contribution in [0.4, 0.5) is 0 Å². The summed E-state index contributed by atoms with van der Waals surface area (Å²) in [5, 5.41) is 4.87. The third-order valence-electron chi connectivity index (χ3n) is 8.54. The molecular weight excluding hydrogens is 560 g/mol. The molecule has 46 heavy (non-hydrogen) atoms. The lowest BCUT2D eigenvalue weighted by atomic mass is 9.86. The van der Waals surface area contributed by atoms with Gasteiger partial charge in [0.05, 0.1) is 0 Å². The van der Waals surface area contributed by atoms with Gasteiger partial charge in [-0.1, -0.05) is 127 Å². The molecule has 2 heterocycles. The van der Waals surface area contributed by atoms with E-state index in [-0.39, 0.29) is 0 Å². The number of benzene rings is 6. The first-order valence-electron chi connectivity index (χ1n) is 15.5. The molecule has 0 aliphatic rings. The zero-order valence-electron chi connectivity index (χ0n) is 25.6. The molecule has 0 fully saturated rings. The number of fused-ring (bicyclic) bond motifs is 2. The first-order chi connectivity index (χ1) is 22.6. The molecule has 4 nitrogen and oxygen atoms in total. The van der Waals surface area contributed by atoms with Crippen molar-refractivity contribution in [3.05, 3.63) is 157 Å². The molecule has 0 unspecified atom stereocenters. The first kappa shape index (κ1) is 27.5. The number of nitrogens with zero attached hydrogens (tertiary/aromatic N) is 4. The van der Waals surface area contributed by atoms with Gasteiger partial charge in [-0.3, -0.25) is 4.98 Å². The SMILES string of the molecule is Cc1ccc(-c2nc(-c3ccccc3)nc(-c3cccc(-c4c5ccccc5c(-c5ccccc5)c5ccccc45)c3)n2)c(C)n1. The molecular formula is C42H30N4. The van der Waals surface area contributed by atoms with E-state index in [0.717, 1.165) is 33.6 Å². The van der Waals surface area contributed by atoms with Crippen LogP contribution in [-0.2, 0) is 0 Å². The summed E-state index contributed by atoms with van der Waals surface area (Å²) >= 11 is 0. The Hall–Kier alpha value is -6.00. The first-order valence-corrected chi connectivity index (χ1v) is 15.5. The molecule has 0 spiro atoms. The van der Waals surface area contributed by atoms with Gasteiger partial charge in [-0.25, -0.2) is 15.0 Å². The van der Waals surface area contributed by atoms with Gasteiger partial charge in [0.1, 0.15) is 0 Å². The van der Waals surface area contributed by atoms with E-state index < -0.39 is 0 Å². The van der Waals surface area contributed by atoms with E-state index >= 15 is 0 Å². The molecule has 8 aromatic rings. The summed E-state index contributed by atoms with van der Waals surface area (Å²) in [6, 6.07) is 50.9. The van der Waals surface area contributed by atoms with Crippen molar-refractivity contribution < 1.29 is 0 Å². The number of pyridine rings is 1. The van der Waals surface area contributed by atoms with Crippen LogP contribution in [0.15, 0.2) is 146 Å². The van der Waals surface area contributed by atoms with Gasteiger partial charge in [0.25, 0.3) is 0 Å². The Morgan fingerprint density at radius 3 is 1.39 bits per heavy atom. The van der Waals surface area contributed by atoms with Crippen LogP contribution in [-0.4, -0.2) is 19.9 Å². The molecule has 4 heteroatoms. The molecule has 0 N–H and O–H groups in total. The second-order valence-electron chi connectivity index (χ2n) is 11.5. The Labute approximate surface area is 268 Å². The summed E-state index contributed by atoms with van der Waals surface area (Å²) in [7, 11) is 0. The Morgan fingerprint density at radius 1 is 0.348 bits per heavy atom. The Morgan fingerprint density at radius 2 is 0.804 bits per heavy atom. The van der Waals surface area contributed by atoms with Crippen LogP contribution in [0.5, 0.6) is 0 Å². The van der Waals surface area contributed by atoms with Crippen molar-refractivity contribution in [3.8, 4) is 56.4 Å². The minimum absolute atomic E-state index is 0.613. The molecule has 6 aromatic carbocycles. The van der Waals surface area contributed by atoms with Crippen molar-refractivity contribution in [2.45, 2.75) is 13.8 Å². The quantitative estimate of drug-likeness (QED) is 0.187. The van der Waals surface area contributed by atoms with Crippen LogP contribution >= 0.6 is 0 Å². The van der Waals surface area contributed by atoms with Crippen molar-refractivity contribution in [2.75, 3.05) is 0 Å². The number of aromatic nitrogens is 4. The van der Waals surface area contributed by atoms with Gasteiger partial charge in [-0.2, -0.15) is 0 Å². The lowest BCUT2D eigenvalue weighted by molar-refractivity contribution is 1.05. The summed E-state index contributed by atoms with van der Waals surface area (Å²) in [4.78, 5) is 19.7. The van der Waals surface area contributed by atoms with Gasteiger partial charge >= 0.3 is 0 Å². The number of hydrogen-bond donors (Lipinski definition) is 0. The monoisotopic (exact) mass is 590 g/mol. The second-order valence-corrected chi connectivity index (χ2v) is 11.5. The fourth-order valence-corrected chi connectivity index (χ4v) is 6.43. The standard InChI is InChI=1S/C42H30N4/c1-27-24-25-33(28(2)43-27)42-45-40(30-16-7-4-8-17-30)44-41(46-42)32-19-13-18-31(26-32)39-36-22-11-9-20-34(36)38(29-14-5-3-6-15-29)35-21-10-12-23-37(35)39/h3-26H,1-2H3. The smallest absolute Gasteiger partial charge is 0.165 e. The van der Waals surface area contributed by atoms with E-state index in [1.54, 1.807) is 0 Å². The molecule has 0 bridgehead atoms. The highest BCUT2D eigenvalue weighted by molar-refractivity contribution is 6.21. The minimum Gasteiger partial charge on any atom is -0.258 e. The summed E-state index contributed by atoms with van der Waals surface area (Å²) in [5.74, 6) is 1.87. The van der Waals surface area contributed by atoms with E-state index in [1.165, 1.54) is 38.2 Å². The normalized spacial score (nSPS) is 11.3. The van der Waals surface area contributed by atoms with Crippen LogP contribution in [0.3, 0.4) is 0 Å². The highest BCUT2D eigenvalue weighted by atomic mass is 15.0. The summed E-state index contributed by atoms with van der Waals surface area (Å²) in [6.07, 6.45) is 0. The molecule has 0 aliphatic carbocycles. The van der Waals surface area contributed by atoms with Crippen molar-refractivity contribution in [1.29, 1.82) is 0 Å². The van der Waals surface area contributed by atoms with Crippen LogP contribution in [0.25, 0.3) is 78.0 Å². The molecule has 8 rings (SSSR count). The zero-order valence-corrected chi connectivity index (χ0v) is 25.6. The molecule has 0 saturated carbocycles. The van der Waals surface area contributed by atoms with Crippen molar-refractivity contribution in [1.82, 2.24) is 19.9 Å². The molecule has 218 valence electrons. The topological polar surface area (TPSA) is 51.6 Å². The van der Waals surface area contributed by atoms with Crippen molar-refractivity contribution in [2.24, 2.45) is 0 Å². The molecule has 0 amide bonds. The Bertz CT molecular complexity index is 2320. The van der Waals surface area contributed by atoms with E-state index in [1.807, 2.05) is 50.2 Å². The van der Waals surface area contributed by atoms with Gasteiger partial charge in [0, 0.05) is 28.1 Å². The molecule has 0 atom stereocenters. The third-order valence-corrected chi connectivity index (χ3v) is 8.54. The number of aryl methyl sites for hydroxylation is 2. The third kappa shape index (κ3) is 4.90. The Balaban J connectivity index is 1.36. The maximum atomic E-state index is 5.04. The molecule has 0 aliphatic heterocycles. The van der Waals surface area contributed by atoms with Crippen LogP contribution in [0.1, 0.15) is 11.4 Å². The molecule has 2 aromatic heterocycles. The number of hydrogen-bond acceptors (Lipinski definition) is 4. The summed E-state index contributed by atoms with van der Waals surface area (Å²) < 4.78 is 0. The average Bonchev–Trinajstić information content (AvgIpc) is 3.11. The highest BCUT2D eigenvalue weighted by Gasteiger charge is 2.18.